The first kappa shape index (κ1) is 18.3. The Morgan fingerprint density at radius 3 is 2.81 bits per heavy atom. The lowest BCUT2D eigenvalue weighted by molar-refractivity contribution is 0.0137. The predicted molar refractivity (Wildman–Crippen MR) is 104 cm³/mol. The molecule has 2 aliphatic heterocycles. The minimum absolute atomic E-state index is 0.232. The third-order valence-electron chi connectivity index (χ3n) is 4.35. The van der Waals surface area contributed by atoms with Gasteiger partial charge in [0.05, 0.1) is 12.6 Å². The third kappa shape index (κ3) is 4.77. The molecule has 1 aromatic rings. The van der Waals surface area contributed by atoms with Crippen LogP contribution in [0.1, 0.15) is 26.3 Å². The van der Waals surface area contributed by atoms with Crippen molar-refractivity contribution in [2.75, 3.05) is 32.7 Å². The van der Waals surface area contributed by atoms with Crippen molar-refractivity contribution < 1.29 is 9.53 Å². The quantitative estimate of drug-likeness (QED) is 0.904. The zero-order valence-electron chi connectivity index (χ0n) is 15.8. The maximum Gasteiger partial charge on any atom is 0.410 e. The number of carbonyl (C=O) groups is 1. The molecule has 0 aromatic heterocycles. The number of fused-ring (bicyclic) bond motifs is 1. The zero-order valence-corrected chi connectivity index (χ0v) is 15.8. The summed E-state index contributed by atoms with van der Waals surface area (Å²) in [4.78, 5) is 20.9. The first-order valence-electron chi connectivity index (χ1n) is 9.17. The first-order valence-corrected chi connectivity index (χ1v) is 9.17. The molecule has 0 radical (unpaired) electrons. The van der Waals surface area contributed by atoms with Gasteiger partial charge in [-0.3, -0.25) is 4.99 Å². The fourth-order valence-electron chi connectivity index (χ4n) is 3.13. The van der Waals surface area contributed by atoms with Crippen molar-refractivity contribution in [1.82, 2.24) is 15.1 Å². The number of hydrogen-bond donors (Lipinski definition) is 1. The van der Waals surface area contributed by atoms with E-state index in [1.807, 2.05) is 39.0 Å². The van der Waals surface area contributed by atoms with Crippen molar-refractivity contribution in [3.63, 3.8) is 0 Å². The number of amides is 1. The molecule has 6 heteroatoms. The molecule has 140 valence electrons. The Kier molecular flexibility index (Phi) is 5.49. The molecule has 3 rings (SSSR count). The van der Waals surface area contributed by atoms with Crippen molar-refractivity contribution >= 4 is 18.1 Å². The van der Waals surface area contributed by atoms with Gasteiger partial charge in [-0.1, -0.05) is 42.5 Å². The number of nitrogens with one attached hydrogen (secondary N) is 1. The van der Waals surface area contributed by atoms with Gasteiger partial charge in [0.2, 0.25) is 0 Å². The molecule has 6 nitrogen and oxygen atoms in total. The Morgan fingerprint density at radius 1 is 1.31 bits per heavy atom. The van der Waals surface area contributed by atoms with Crippen LogP contribution >= 0.6 is 0 Å². The molecule has 26 heavy (non-hydrogen) atoms. The van der Waals surface area contributed by atoms with Crippen LogP contribution in [0.5, 0.6) is 0 Å². The van der Waals surface area contributed by atoms with E-state index in [1.54, 1.807) is 4.90 Å². The SMILES string of the molecule is CC(C)(C)OC(=O)N1CCN2C(NCC=Cc3ccccc3)=NCC2C1. The predicted octanol–water partition coefficient (Wildman–Crippen LogP) is 2.58. The summed E-state index contributed by atoms with van der Waals surface area (Å²) >= 11 is 0. The molecule has 1 unspecified atom stereocenters. The maximum atomic E-state index is 12.3. The number of rotatable bonds is 3. The molecule has 0 bridgehead atoms. The minimum Gasteiger partial charge on any atom is -0.444 e. The number of benzene rings is 1. The number of carbonyl (C=O) groups excluding carboxylic acids is 1. The van der Waals surface area contributed by atoms with E-state index in [0.717, 1.165) is 19.0 Å². The standard InChI is InChI=1S/C20H28N4O2/c1-20(2,3)26-19(25)23-12-13-24-17(15-23)14-22-18(24)21-11-7-10-16-8-5-4-6-9-16/h4-10,17H,11-15H2,1-3H3,(H,21,22). The van der Waals surface area contributed by atoms with Crippen LogP contribution in [-0.2, 0) is 4.74 Å². The van der Waals surface area contributed by atoms with E-state index in [2.05, 4.69) is 39.5 Å². The average molecular weight is 356 g/mol. The van der Waals surface area contributed by atoms with Gasteiger partial charge in [0.15, 0.2) is 5.96 Å². The molecule has 2 aliphatic rings. The van der Waals surface area contributed by atoms with Crippen molar-refractivity contribution in [2.45, 2.75) is 32.4 Å². The lowest BCUT2D eigenvalue weighted by Crippen LogP contribution is -2.57. The molecule has 1 amide bonds. The Bertz CT molecular complexity index is 679. The molecule has 1 saturated heterocycles. The monoisotopic (exact) mass is 356 g/mol. The highest BCUT2D eigenvalue weighted by Gasteiger charge is 2.36. The Hall–Kier alpha value is -2.50. The number of aliphatic imine (C=N–C) groups is 1. The van der Waals surface area contributed by atoms with Crippen molar-refractivity contribution in [1.29, 1.82) is 0 Å². The molecule has 0 saturated carbocycles. The minimum atomic E-state index is -0.460. The summed E-state index contributed by atoms with van der Waals surface area (Å²) in [6, 6.07) is 10.5. The average Bonchev–Trinajstić information content (AvgIpc) is 3.00. The van der Waals surface area contributed by atoms with Crippen LogP contribution in [0.4, 0.5) is 4.79 Å². The summed E-state index contributed by atoms with van der Waals surface area (Å²) in [5.41, 5.74) is 0.726. The van der Waals surface area contributed by atoms with Gasteiger partial charge in [-0.05, 0) is 26.3 Å². The molecule has 2 heterocycles. The Labute approximate surface area is 155 Å². The highest BCUT2D eigenvalue weighted by Crippen LogP contribution is 2.18. The van der Waals surface area contributed by atoms with Gasteiger partial charge in [0.1, 0.15) is 5.60 Å². The van der Waals surface area contributed by atoms with E-state index in [1.165, 1.54) is 5.56 Å². The second-order valence-corrected chi connectivity index (χ2v) is 7.63. The molecule has 1 N–H and O–H groups in total. The summed E-state index contributed by atoms with van der Waals surface area (Å²) in [5, 5.41) is 3.39. The fraction of sp³-hybridized carbons (Fsp3) is 0.500. The molecular weight excluding hydrogens is 328 g/mol. The van der Waals surface area contributed by atoms with Gasteiger partial charge < -0.3 is 19.9 Å². The molecule has 1 atom stereocenters. The van der Waals surface area contributed by atoms with Crippen molar-refractivity contribution in [3.8, 4) is 0 Å². The summed E-state index contributed by atoms with van der Waals surface area (Å²) in [6.07, 6.45) is 3.96. The van der Waals surface area contributed by atoms with E-state index in [0.29, 0.717) is 19.6 Å². The van der Waals surface area contributed by atoms with Gasteiger partial charge in [-0.25, -0.2) is 4.79 Å². The van der Waals surface area contributed by atoms with Crippen LogP contribution in [-0.4, -0.2) is 66.2 Å². The van der Waals surface area contributed by atoms with Gasteiger partial charge in [-0.15, -0.1) is 0 Å². The largest absolute Gasteiger partial charge is 0.444 e. The van der Waals surface area contributed by atoms with E-state index >= 15 is 0 Å². The van der Waals surface area contributed by atoms with Gasteiger partial charge >= 0.3 is 6.09 Å². The van der Waals surface area contributed by atoms with Crippen molar-refractivity contribution in [2.24, 2.45) is 4.99 Å². The maximum absolute atomic E-state index is 12.3. The van der Waals surface area contributed by atoms with E-state index in [9.17, 15) is 4.79 Å². The highest BCUT2D eigenvalue weighted by molar-refractivity contribution is 5.82. The summed E-state index contributed by atoms with van der Waals surface area (Å²) < 4.78 is 5.48. The van der Waals surface area contributed by atoms with Gasteiger partial charge in [0, 0.05) is 26.2 Å². The van der Waals surface area contributed by atoms with Crippen molar-refractivity contribution in [3.05, 3.63) is 42.0 Å². The second kappa shape index (κ2) is 7.81. The summed E-state index contributed by atoms with van der Waals surface area (Å²) in [6.45, 7) is 9.21. The third-order valence-corrected chi connectivity index (χ3v) is 4.35. The van der Waals surface area contributed by atoms with Crippen LogP contribution in [0.25, 0.3) is 6.08 Å². The van der Waals surface area contributed by atoms with E-state index in [-0.39, 0.29) is 12.1 Å². The smallest absolute Gasteiger partial charge is 0.410 e. The van der Waals surface area contributed by atoms with Crippen LogP contribution in [0.15, 0.2) is 41.4 Å². The first-order chi connectivity index (χ1) is 12.4. The molecule has 1 fully saturated rings. The molecular formula is C20H28N4O2. The normalized spacial score (nSPS) is 20.1. The van der Waals surface area contributed by atoms with Gasteiger partial charge in [0.25, 0.3) is 0 Å². The van der Waals surface area contributed by atoms with E-state index in [4.69, 9.17) is 4.74 Å². The van der Waals surface area contributed by atoms with Crippen LogP contribution in [0, 0.1) is 0 Å². The topological polar surface area (TPSA) is 57.2 Å². The highest BCUT2D eigenvalue weighted by atomic mass is 16.6. The number of hydrogen-bond acceptors (Lipinski definition) is 5. The molecule has 0 spiro atoms. The molecule has 0 aliphatic carbocycles. The second-order valence-electron chi connectivity index (χ2n) is 7.63. The van der Waals surface area contributed by atoms with Crippen LogP contribution < -0.4 is 5.32 Å². The summed E-state index contributed by atoms with van der Waals surface area (Å²) in [5.74, 6) is 0.927. The molecule has 1 aromatic carbocycles. The number of guanidine groups is 1. The zero-order chi connectivity index (χ0) is 18.6. The Morgan fingerprint density at radius 2 is 2.08 bits per heavy atom. The summed E-state index contributed by atoms with van der Waals surface area (Å²) in [7, 11) is 0. The van der Waals surface area contributed by atoms with Crippen LogP contribution in [0.2, 0.25) is 0 Å². The van der Waals surface area contributed by atoms with Crippen LogP contribution in [0.3, 0.4) is 0 Å². The van der Waals surface area contributed by atoms with Gasteiger partial charge in [-0.2, -0.15) is 0 Å². The lowest BCUT2D eigenvalue weighted by Gasteiger charge is -2.39. The fourth-order valence-corrected chi connectivity index (χ4v) is 3.13. The number of nitrogens with zero attached hydrogens (tertiary/aromatic N) is 3. The lowest BCUT2D eigenvalue weighted by atomic mass is 10.2. The number of ether oxygens (including phenoxy) is 1. The Balaban J connectivity index is 1.46. The number of piperazine rings is 1. The van der Waals surface area contributed by atoms with E-state index < -0.39 is 5.60 Å².